The molecule has 0 aliphatic carbocycles. The molecule has 1 saturated heterocycles. The predicted octanol–water partition coefficient (Wildman–Crippen LogP) is 2.04. The number of rotatable bonds is 7. The number of benzene rings is 1. The van der Waals surface area contributed by atoms with Crippen LogP contribution in [-0.2, 0) is 15.9 Å². The van der Waals surface area contributed by atoms with E-state index in [0.29, 0.717) is 12.7 Å². The summed E-state index contributed by atoms with van der Waals surface area (Å²) in [5, 5.41) is 0. The Morgan fingerprint density at radius 2 is 2.06 bits per heavy atom. The molecule has 1 fully saturated rings. The topological polar surface area (TPSA) is 31.0 Å². The first-order valence-electron chi connectivity index (χ1n) is 5.71. The molecule has 3 heteroatoms. The number of ether oxygens (including phenoxy) is 3. The van der Waals surface area contributed by atoms with Crippen molar-refractivity contribution in [3.05, 3.63) is 29.8 Å². The maximum atomic E-state index is 5.56. The van der Waals surface area contributed by atoms with Gasteiger partial charge in [0.15, 0.2) is 0 Å². The normalized spacial score (nSPS) is 18.4. The first-order chi connectivity index (χ1) is 7.88. The van der Waals surface area contributed by atoms with Crippen molar-refractivity contribution >= 4 is 0 Å². The second kappa shape index (κ2) is 5.87. The third kappa shape index (κ3) is 3.83. The van der Waals surface area contributed by atoms with Gasteiger partial charge >= 0.3 is 0 Å². The SMILES string of the molecule is COCCCc1ccc(OCC2CO2)cc1. The van der Waals surface area contributed by atoms with Crippen LogP contribution in [0.2, 0.25) is 0 Å². The Morgan fingerprint density at radius 1 is 1.31 bits per heavy atom. The fourth-order valence-electron chi connectivity index (χ4n) is 1.53. The molecule has 16 heavy (non-hydrogen) atoms. The zero-order valence-corrected chi connectivity index (χ0v) is 9.65. The van der Waals surface area contributed by atoms with E-state index in [1.165, 1.54) is 5.56 Å². The smallest absolute Gasteiger partial charge is 0.119 e. The summed E-state index contributed by atoms with van der Waals surface area (Å²) in [5.41, 5.74) is 1.33. The van der Waals surface area contributed by atoms with Gasteiger partial charge in [-0.05, 0) is 30.5 Å². The van der Waals surface area contributed by atoms with Crippen molar-refractivity contribution in [3.8, 4) is 5.75 Å². The van der Waals surface area contributed by atoms with Crippen LogP contribution in [0.15, 0.2) is 24.3 Å². The molecule has 0 amide bonds. The molecule has 88 valence electrons. The van der Waals surface area contributed by atoms with Crippen molar-refractivity contribution < 1.29 is 14.2 Å². The largest absolute Gasteiger partial charge is 0.491 e. The van der Waals surface area contributed by atoms with Gasteiger partial charge in [-0.25, -0.2) is 0 Å². The van der Waals surface area contributed by atoms with Gasteiger partial charge in [0.2, 0.25) is 0 Å². The number of hydrogen-bond donors (Lipinski definition) is 0. The molecule has 1 heterocycles. The summed E-state index contributed by atoms with van der Waals surface area (Å²) >= 11 is 0. The Bertz CT molecular complexity index is 303. The molecule has 0 aromatic heterocycles. The van der Waals surface area contributed by atoms with Crippen molar-refractivity contribution in [2.24, 2.45) is 0 Å². The third-order valence-corrected chi connectivity index (χ3v) is 2.58. The van der Waals surface area contributed by atoms with Gasteiger partial charge in [0.1, 0.15) is 18.5 Å². The average molecular weight is 222 g/mol. The highest BCUT2D eigenvalue weighted by atomic mass is 16.6. The molecule has 1 aliphatic heterocycles. The minimum Gasteiger partial charge on any atom is -0.491 e. The van der Waals surface area contributed by atoms with E-state index in [1.807, 2.05) is 12.1 Å². The highest BCUT2D eigenvalue weighted by Crippen LogP contribution is 2.16. The molecule has 3 nitrogen and oxygen atoms in total. The summed E-state index contributed by atoms with van der Waals surface area (Å²) in [7, 11) is 1.73. The second-order valence-corrected chi connectivity index (χ2v) is 4.01. The summed E-state index contributed by atoms with van der Waals surface area (Å²) in [4.78, 5) is 0. The Hall–Kier alpha value is -1.06. The van der Waals surface area contributed by atoms with Crippen molar-refractivity contribution in [1.82, 2.24) is 0 Å². The van der Waals surface area contributed by atoms with Gasteiger partial charge in [0.25, 0.3) is 0 Å². The Balaban J connectivity index is 1.74. The van der Waals surface area contributed by atoms with Crippen molar-refractivity contribution in [3.63, 3.8) is 0 Å². The standard InChI is InChI=1S/C13H18O3/c1-14-8-2-3-11-4-6-12(7-5-11)15-9-13-10-16-13/h4-7,13H,2-3,8-10H2,1H3. The molecular formula is C13H18O3. The Kier molecular flexibility index (Phi) is 4.19. The molecule has 2 rings (SSSR count). The summed E-state index contributed by atoms with van der Waals surface area (Å²) in [5.74, 6) is 0.922. The van der Waals surface area contributed by atoms with E-state index in [0.717, 1.165) is 31.8 Å². The van der Waals surface area contributed by atoms with Gasteiger partial charge in [0.05, 0.1) is 6.61 Å². The molecular weight excluding hydrogens is 204 g/mol. The van der Waals surface area contributed by atoms with Crippen LogP contribution in [0.25, 0.3) is 0 Å². The summed E-state index contributed by atoms with van der Waals surface area (Å²) < 4.78 is 15.7. The summed E-state index contributed by atoms with van der Waals surface area (Å²) in [6, 6.07) is 8.26. The highest BCUT2D eigenvalue weighted by Gasteiger charge is 2.22. The van der Waals surface area contributed by atoms with E-state index < -0.39 is 0 Å². The van der Waals surface area contributed by atoms with Crippen LogP contribution < -0.4 is 4.74 Å². The Labute approximate surface area is 96.3 Å². The number of methoxy groups -OCH3 is 1. The zero-order chi connectivity index (χ0) is 11.2. The van der Waals surface area contributed by atoms with Crippen molar-refractivity contribution in [2.75, 3.05) is 26.9 Å². The van der Waals surface area contributed by atoms with Crippen molar-refractivity contribution in [2.45, 2.75) is 18.9 Å². The van der Waals surface area contributed by atoms with Gasteiger partial charge in [0, 0.05) is 13.7 Å². The van der Waals surface area contributed by atoms with Crippen LogP contribution in [-0.4, -0.2) is 33.0 Å². The van der Waals surface area contributed by atoms with Crippen LogP contribution in [0.1, 0.15) is 12.0 Å². The van der Waals surface area contributed by atoms with E-state index in [1.54, 1.807) is 7.11 Å². The number of aryl methyl sites for hydroxylation is 1. The van der Waals surface area contributed by atoms with Crippen LogP contribution >= 0.6 is 0 Å². The molecule has 0 radical (unpaired) electrons. The lowest BCUT2D eigenvalue weighted by Gasteiger charge is -2.05. The van der Waals surface area contributed by atoms with Gasteiger partial charge in [-0.2, -0.15) is 0 Å². The van der Waals surface area contributed by atoms with E-state index in [4.69, 9.17) is 14.2 Å². The molecule has 1 aromatic carbocycles. The molecule has 0 spiro atoms. The first kappa shape index (κ1) is 11.4. The van der Waals surface area contributed by atoms with E-state index in [9.17, 15) is 0 Å². The van der Waals surface area contributed by atoms with Gasteiger partial charge in [-0.1, -0.05) is 12.1 Å². The second-order valence-electron chi connectivity index (χ2n) is 4.01. The molecule has 1 aliphatic rings. The fourth-order valence-corrected chi connectivity index (χ4v) is 1.53. The zero-order valence-electron chi connectivity index (χ0n) is 9.65. The first-order valence-corrected chi connectivity index (χ1v) is 5.71. The van der Waals surface area contributed by atoms with Crippen LogP contribution in [0.3, 0.4) is 0 Å². The molecule has 0 saturated carbocycles. The average Bonchev–Trinajstić information content (AvgIpc) is 3.12. The molecule has 1 unspecified atom stereocenters. The molecule has 0 bridgehead atoms. The van der Waals surface area contributed by atoms with Crippen LogP contribution in [0.4, 0.5) is 0 Å². The monoisotopic (exact) mass is 222 g/mol. The molecule has 0 N–H and O–H groups in total. The fraction of sp³-hybridized carbons (Fsp3) is 0.538. The maximum absolute atomic E-state index is 5.56. The maximum Gasteiger partial charge on any atom is 0.119 e. The summed E-state index contributed by atoms with van der Waals surface area (Å²) in [6.45, 7) is 2.33. The minimum absolute atomic E-state index is 0.321. The van der Waals surface area contributed by atoms with E-state index in [-0.39, 0.29) is 0 Å². The highest BCUT2D eigenvalue weighted by molar-refractivity contribution is 5.27. The molecule has 1 aromatic rings. The van der Waals surface area contributed by atoms with E-state index in [2.05, 4.69) is 12.1 Å². The predicted molar refractivity (Wildman–Crippen MR) is 61.9 cm³/mol. The third-order valence-electron chi connectivity index (χ3n) is 2.58. The minimum atomic E-state index is 0.321. The van der Waals surface area contributed by atoms with Crippen LogP contribution in [0.5, 0.6) is 5.75 Å². The lowest BCUT2D eigenvalue weighted by atomic mass is 10.1. The summed E-state index contributed by atoms with van der Waals surface area (Å²) in [6.07, 6.45) is 2.44. The number of hydrogen-bond acceptors (Lipinski definition) is 3. The van der Waals surface area contributed by atoms with Gasteiger partial charge in [-0.3, -0.25) is 0 Å². The van der Waals surface area contributed by atoms with Crippen molar-refractivity contribution in [1.29, 1.82) is 0 Å². The molecule has 1 atom stereocenters. The number of epoxide rings is 1. The Morgan fingerprint density at radius 3 is 2.69 bits per heavy atom. The quantitative estimate of drug-likeness (QED) is 0.522. The lowest BCUT2D eigenvalue weighted by Crippen LogP contribution is -2.03. The lowest BCUT2D eigenvalue weighted by molar-refractivity contribution is 0.195. The van der Waals surface area contributed by atoms with Gasteiger partial charge < -0.3 is 14.2 Å². The van der Waals surface area contributed by atoms with E-state index >= 15 is 0 Å². The van der Waals surface area contributed by atoms with Gasteiger partial charge in [-0.15, -0.1) is 0 Å². The van der Waals surface area contributed by atoms with Crippen LogP contribution in [0, 0.1) is 0 Å².